The van der Waals surface area contributed by atoms with Gasteiger partial charge < -0.3 is 9.80 Å². The van der Waals surface area contributed by atoms with Gasteiger partial charge in [0.1, 0.15) is 4.90 Å². The maximum absolute atomic E-state index is 12.2. The van der Waals surface area contributed by atoms with Crippen LogP contribution in [-0.4, -0.2) is 56.3 Å². The fourth-order valence-electron chi connectivity index (χ4n) is 3.87. The summed E-state index contributed by atoms with van der Waals surface area (Å²) in [5, 5.41) is 0. The van der Waals surface area contributed by atoms with Crippen LogP contribution in [-0.2, 0) is 10.0 Å². The summed E-state index contributed by atoms with van der Waals surface area (Å²) in [7, 11) is -3.50. The van der Waals surface area contributed by atoms with Gasteiger partial charge in [-0.05, 0) is 50.9 Å². The largest absolute Gasteiger partial charge is 0.355 e. The van der Waals surface area contributed by atoms with E-state index in [-0.39, 0.29) is 0 Å². The van der Waals surface area contributed by atoms with Crippen molar-refractivity contribution in [1.82, 2.24) is 9.80 Å². The molecule has 3 heterocycles. The summed E-state index contributed by atoms with van der Waals surface area (Å²) in [6, 6.07) is 7.82. The Labute approximate surface area is 131 Å². The molecule has 4 rings (SSSR count). The van der Waals surface area contributed by atoms with E-state index in [1.807, 2.05) is 12.1 Å². The second-order valence-electron chi connectivity index (χ2n) is 6.35. The molecule has 0 bridgehead atoms. The molecule has 118 valence electrons. The molecule has 0 aromatic heterocycles. The van der Waals surface area contributed by atoms with Gasteiger partial charge >= 0.3 is 0 Å². The Morgan fingerprint density at radius 3 is 2.41 bits per heavy atom. The summed E-state index contributed by atoms with van der Waals surface area (Å²) in [5.41, 5.74) is 0.766. The number of fused-ring (bicyclic) bond motifs is 1. The maximum Gasteiger partial charge on any atom is 0.285 e. The van der Waals surface area contributed by atoms with Crippen molar-refractivity contribution >= 4 is 15.9 Å². The molecule has 0 aliphatic carbocycles. The lowest BCUT2D eigenvalue weighted by Gasteiger charge is -2.37. The number of sulfonamides is 1. The molecule has 0 spiro atoms. The van der Waals surface area contributed by atoms with E-state index in [0.29, 0.717) is 16.8 Å². The van der Waals surface area contributed by atoms with Gasteiger partial charge in [-0.2, -0.15) is 8.42 Å². The van der Waals surface area contributed by atoms with Crippen molar-refractivity contribution in [3.05, 3.63) is 29.8 Å². The van der Waals surface area contributed by atoms with E-state index >= 15 is 0 Å². The number of piperidine rings is 1. The zero-order chi connectivity index (χ0) is 15.2. The molecule has 0 radical (unpaired) electrons. The minimum atomic E-state index is -3.50. The van der Waals surface area contributed by atoms with Crippen LogP contribution >= 0.6 is 0 Å². The minimum Gasteiger partial charge on any atom is -0.355 e. The minimum absolute atomic E-state index is 0.353. The number of benzene rings is 1. The van der Waals surface area contributed by atoms with Crippen molar-refractivity contribution < 1.29 is 8.42 Å². The molecule has 0 unspecified atom stereocenters. The Balaban J connectivity index is 1.52. The normalized spacial score (nSPS) is 25.3. The molecule has 5 nitrogen and oxygen atoms in total. The number of amidine groups is 1. The van der Waals surface area contributed by atoms with Crippen LogP contribution in [0.1, 0.15) is 31.2 Å². The molecule has 2 fully saturated rings. The zero-order valence-corrected chi connectivity index (χ0v) is 13.4. The van der Waals surface area contributed by atoms with Gasteiger partial charge in [0, 0.05) is 24.7 Å². The van der Waals surface area contributed by atoms with Gasteiger partial charge in [-0.15, -0.1) is 4.40 Å². The van der Waals surface area contributed by atoms with Gasteiger partial charge in [-0.3, -0.25) is 0 Å². The molecule has 6 heteroatoms. The van der Waals surface area contributed by atoms with Crippen molar-refractivity contribution in [2.45, 2.75) is 36.6 Å². The molecule has 2 saturated heterocycles. The van der Waals surface area contributed by atoms with Gasteiger partial charge in [0.05, 0.1) is 0 Å². The Morgan fingerprint density at radius 1 is 1.00 bits per heavy atom. The smallest absolute Gasteiger partial charge is 0.285 e. The molecule has 3 aliphatic rings. The quantitative estimate of drug-likeness (QED) is 0.790. The Morgan fingerprint density at radius 2 is 1.68 bits per heavy atom. The van der Waals surface area contributed by atoms with Crippen LogP contribution in [0.5, 0.6) is 0 Å². The summed E-state index contributed by atoms with van der Waals surface area (Å²) < 4.78 is 28.4. The zero-order valence-electron chi connectivity index (χ0n) is 12.6. The van der Waals surface area contributed by atoms with E-state index in [2.05, 4.69) is 14.2 Å². The van der Waals surface area contributed by atoms with Gasteiger partial charge in [0.25, 0.3) is 10.0 Å². The summed E-state index contributed by atoms with van der Waals surface area (Å²) in [6.45, 7) is 4.24. The molecular weight excluding hydrogens is 298 g/mol. The lowest BCUT2D eigenvalue weighted by molar-refractivity contribution is 0.164. The first-order valence-corrected chi connectivity index (χ1v) is 9.52. The van der Waals surface area contributed by atoms with Crippen LogP contribution in [0, 0.1) is 0 Å². The van der Waals surface area contributed by atoms with Crippen molar-refractivity contribution in [2.24, 2.45) is 4.40 Å². The van der Waals surface area contributed by atoms with Crippen LogP contribution in [0.4, 0.5) is 0 Å². The van der Waals surface area contributed by atoms with Crippen LogP contribution in [0.15, 0.2) is 33.6 Å². The highest BCUT2D eigenvalue weighted by atomic mass is 32.2. The molecule has 1 aromatic rings. The monoisotopic (exact) mass is 319 g/mol. The predicted octanol–water partition coefficient (Wildman–Crippen LogP) is 1.70. The highest BCUT2D eigenvalue weighted by Gasteiger charge is 2.34. The molecule has 0 saturated carbocycles. The van der Waals surface area contributed by atoms with Gasteiger partial charge in [0.15, 0.2) is 5.84 Å². The van der Waals surface area contributed by atoms with Gasteiger partial charge in [0.2, 0.25) is 0 Å². The molecular formula is C16H21N3O2S. The van der Waals surface area contributed by atoms with E-state index in [1.54, 1.807) is 12.1 Å². The molecule has 0 atom stereocenters. The summed E-state index contributed by atoms with van der Waals surface area (Å²) in [6.07, 6.45) is 4.83. The summed E-state index contributed by atoms with van der Waals surface area (Å²) >= 11 is 0. The Bertz CT molecular complexity index is 700. The van der Waals surface area contributed by atoms with E-state index in [9.17, 15) is 8.42 Å². The second kappa shape index (κ2) is 5.35. The Hall–Kier alpha value is -1.40. The lowest BCUT2D eigenvalue weighted by Crippen LogP contribution is -2.45. The fourth-order valence-corrected chi connectivity index (χ4v) is 5.09. The summed E-state index contributed by atoms with van der Waals surface area (Å²) in [5.74, 6) is 0.649. The van der Waals surface area contributed by atoms with Crippen molar-refractivity contribution in [2.75, 3.05) is 26.2 Å². The first-order chi connectivity index (χ1) is 10.6. The van der Waals surface area contributed by atoms with E-state index < -0.39 is 10.0 Å². The lowest BCUT2D eigenvalue weighted by atomic mass is 10.0. The van der Waals surface area contributed by atoms with Crippen LogP contribution in [0.3, 0.4) is 0 Å². The number of hydrogen-bond donors (Lipinski definition) is 0. The average Bonchev–Trinajstić information content (AvgIpc) is 3.15. The van der Waals surface area contributed by atoms with Crippen LogP contribution < -0.4 is 0 Å². The highest BCUT2D eigenvalue weighted by Crippen LogP contribution is 2.29. The second-order valence-corrected chi connectivity index (χ2v) is 7.92. The van der Waals surface area contributed by atoms with E-state index in [0.717, 1.165) is 31.5 Å². The van der Waals surface area contributed by atoms with Gasteiger partial charge in [-0.25, -0.2) is 0 Å². The number of hydrogen-bond acceptors (Lipinski definition) is 4. The van der Waals surface area contributed by atoms with Crippen LogP contribution in [0.2, 0.25) is 0 Å². The van der Waals surface area contributed by atoms with Gasteiger partial charge in [-0.1, -0.05) is 12.1 Å². The summed E-state index contributed by atoms with van der Waals surface area (Å²) in [4.78, 5) is 5.10. The van der Waals surface area contributed by atoms with Crippen molar-refractivity contribution in [1.29, 1.82) is 0 Å². The molecule has 3 aliphatic heterocycles. The topological polar surface area (TPSA) is 53.0 Å². The first-order valence-electron chi connectivity index (χ1n) is 8.08. The third-order valence-corrected chi connectivity index (χ3v) is 6.36. The average molecular weight is 319 g/mol. The van der Waals surface area contributed by atoms with Crippen molar-refractivity contribution in [3.8, 4) is 0 Å². The fraction of sp³-hybridized carbons (Fsp3) is 0.562. The van der Waals surface area contributed by atoms with E-state index in [1.165, 1.54) is 25.9 Å². The number of nitrogens with zero attached hydrogens (tertiary/aromatic N) is 3. The van der Waals surface area contributed by atoms with Crippen molar-refractivity contribution in [3.63, 3.8) is 0 Å². The SMILES string of the molecule is O=S1(=O)N=C(N2CCC(N3CCCC3)CC2)c2ccccc21. The third kappa shape index (κ3) is 2.34. The first kappa shape index (κ1) is 14.2. The maximum atomic E-state index is 12.2. The van der Waals surface area contributed by atoms with E-state index in [4.69, 9.17) is 0 Å². The number of likely N-dealkylation sites (tertiary alicyclic amines) is 2. The number of rotatable bonds is 1. The highest BCUT2D eigenvalue weighted by molar-refractivity contribution is 7.90. The molecule has 0 N–H and O–H groups in total. The standard InChI is InChI=1S/C16H21N3O2S/c20-22(21)15-6-2-1-5-14(15)16(17-22)19-11-7-13(8-12-19)18-9-3-4-10-18/h1-2,5-6,13H,3-4,7-12H2. The molecule has 22 heavy (non-hydrogen) atoms. The predicted molar refractivity (Wildman–Crippen MR) is 85.6 cm³/mol. The Kier molecular flexibility index (Phi) is 3.46. The third-order valence-electron chi connectivity index (χ3n) is 5.03. The molecule has 0 amide bonds. The van der Waals surface area contributed by atoms with Crippen LogP contribution in [0.25, 0.3) is 0 Å². The molecule has 1 aromatic carbocycles.